The first-order chi connectivity index (χ1) is 16.6. The van der Waals surface area contributed by atoms with Gasteiger partial charge in [-0.3, -0.25) is 4.90 Å². The van der Waals surface area contributed by atoms with Gasteiger partial charge >= 0.3 is 0 Å². The normalized spacial score (nSPS) is 19.9. The number of nitrogens with one attached hydrogen (secondary N) is 1. The second-order valence-corrected chi connectivity index (χ2v) is 10.0. The third-order valence-electron chi connectivity index (χ3n) is 7.93. The molecule has 1 aliphatic heterocycles. The van der Waals surface area contributed by atoms with Crippen LogP contribution in [0.2, 0.25) is 0 Å². The zero-order chi connectivity index (χ0) is 23.2. The van der Waals surface area contributed by atoms with E-state index in [2.05, 4.69) is 52.8 Å². The lowest BCUT2D eigenvalue weighted by Gasteiger charge is -2.36. The lowest BCUT2D eigenvalue weighted by atomic mass is 9.88. The minimum absolute atomic E-state index is 0.230. The Labute approximate surface area is 200 Å². The van der Waals surface area contributed by atoms with Crippen molar-refractivity contribution in [2.24, 2.45) is 0 Å². The maximum absolute atomic E-state index is 14.1. The molecule has 3 aromatic carbocycles. The Balaban J connectivity index is 1.23. The average Bonchev–Trinajstić information content (AvgIpc) is 3.39. The van der Waals surface area contributed by atoms with Gasteiger partial charge in [-0.15, -0.1) is 0 Å². The number of likely N-dealkylation sites (N-methyl/N-ethyl adjacent to an activating group) is 1. The Bertz CT molecular complexity index is 1330. The number of aromatic nitrogens is 1. The summed E-state index contributed by atoms with van der Waals surface area (Å²) in [4.78, 5) is 2.67. The number of hydrogen-bond donors (Lipinski definition) is 2. The first-order valence-corrected chi connectivity index (χ1v) is 12.5. The van der Waals surface area contributed by atoms with Crippen LogP contribution in [0.5, 0.6) is 0 Å². The summed E-state index contributed by atoms with van der Waals surface area (Å²) in [5, 5.41) is 17.3. The monoisotopic (exact) mass is 457 g/mol. The fraction of sp³-hybridized carbons (Fsp3) is 0.379. The largest absolute Gasteiger partial charge is 0.390 e. The number of piperidine rings is 1. The van der Waals surface area contributed by atoms with Gasteiger partial charge in [-0.05, 0) is 91.0 Å². The molecule has 0 saturated carbocycles. The molecule has 1 saturated heterocycles. The number of aliphatic hydroxyl groups is 1. The van der Waals surface area contributed by atoms with Crippen LogP contribution in [0.25, 0.3) is 21.7 Å². The van der Waals surface area contributed by atoms with E-state index in [0.717, 1.165) is 43.3 Å². The number of halogens is 1. The van der Waals surface area contributed by atoms with Crippen molar-refractivity contribution >= 4 is 21.7 Å². The van der Waals surface area contributed by atoms with Crippen molar-refractivity contribution in [2.45, 2.75) is 43.9 Å². The predicted molar refractivity (Wildman–Crippen MR) is 136 cm³/mol. The van der Waals surface area contributed by atoms with Gasteiger partial charge < -0.3 is 15.0 Å². The van der Waals surface area contributed by atoms with Crippen LogP contribution >= 0.6 is 0 Å². The van der Waals surface area contributed by atoms with Crippen molar-refractivity contribution in [2.75, 3.05) is 26.7 Å². The molecule has 0 radical (unpaired) electrons. The van der Waals surface area contributed by atoms with Crippen LogP contribution in [0.3, 0.4) is 0 Å². The van der Waals surface area contributed by atoms with Crippen molar-refractivity contribution in [3.05, 3.63) is 83.3 Å². The maximum Gasteiger partial charge on any atom is 0.125 e. The zero-order valence-corrected chi connectivity index (χ0v) is 19.7. The highest BCUT2D eigenvalue weighted by Gasteiger charge is 2.32. The Kier molecular flexibility index (Phi) is 5.64. The van der Waals surface area contributed by atoms with Gasteiger partial charge in [-0.25, -0.2) is 4.39 Å². The molecule has 1 aromatic heterocycles. The van der Waals surface area contributed by atoms with Gasteiger partial charge in [0.15, 0.2) is 0 Å². The molecule has 176 valence electrons. The number of nitrogens with zero attached hydrogens (tertiary/aromatic N) is 2. The minimum atomic E-state index is -0.509. The highest BCUT2D eigenvalue weighted by atomic mass is 19.1. The number of hydrogen-bond acceptors (Lipinski definition) is 3. The number of aliphatic hydroxyl groups excluding tert-OH is 1. The molecule has 0 spiro atoms. The molecule has 1 aliphatic carbocycles. The molecule has 34 heavy (non-hydrogen) atoms. The summed E-state index contributed by atoms with van der Waals surface area (Å²) in [5.74, 6) is 0.220. The van der Waals surface area contributed by atoms with Crippen LogP contribution in [0.15, 0.2) is 60.8 Å². The molecule has 2 N–H and O–H groups in total. The Morgan fingerprint density at radius 3 is 2.65 bits per heavy atom. The number of benzene rings is 3. The van der Waals surface area contributed by atoms with Crippen molar-refractivity contribution < 1.29 is 9.50 Å². The van der Waals surface area contributed by atoms with Crippen LogP contribution in [-0.2, 0) is 13.0 Å². The summed E-state index contributed by atoms with van der Waals surface area (Å²) >= 11 is 0. The molecule has 1 unspecified atom stereocenters. The van der Waals surface area contributed by atoms with E-state index in [4.69, 9.17) is 0 Å². The quantitative estimate of drug-likeness (QED) is 0.429. The van der Waals surface area contributed by atoms with E-state index in [9.17, 15) is 9.50 Å². The Hall–Kier alpha value is -2.73. The lowest BCUT2D eigenvalue weighted by Crippen LogP contribution is -2.36. The van der Waals surface area contributed by atoms with E-state index < -0.39 is 6.10 Å². The average molecular weight is 458 g/mol. The van der Waals surface area contributed by atoms with E-state index in [-0.39, 0.29) is 5.82 Å². The molecule has 2 atom stereocenters. The standard InChI is InChI=1S/C29H32FN3O/c1-31-16-23(34)17-33-18-26(24-9-8-22(30)15-28(24)33)19-10-12-32(13-11-19)27-14-21-6-2-4-20-5-3-7-25(27)29(20)21/h2-9,15,18-19,23,27,31,34H,10-14,16-17H2,1H3/t23?,27-/m1/s1. The smallest absolute Gasteiger partial charge is 0.125 e. The Morgan fingerprint density at radius 2 is 1.85 bits per heavy atom. The van der Waals surface area contributed by atoms with E-state index in [0.29, 0.717) is 25.0 Å². The summed E-state index contributed by atoms with van der Waals surface area (Å²) < 4.78 is 16.1. The zero-order valence-electron chi connectivity index (χ0n) is 19.7. The number of likely N-dealkylation sites (tertiary alicyclic amines) is 1. The topological polar surface area (TPSA) is 40.4 Å². The first-order valence-electron chi connectivity index (χ1n) is 12.5. The molecule has 0 bridgehead atoms. The van der Waals surface area contributed by atoms with Crippen molar-refractivity contribution in [1.82, 2.24) is 14.8 Å². The number of fused-ring (bicyclic) bond motifs is 1. The molecule has 6 rings (SSSR count). The summed E-state index contributed by atoms with van der Waals surface area (Å²) in [7, 11) is 1.83. The fourth-order valence-electron chi connectivity index (χ4n) is 6.36. The molecule has 2 heterocycles. The second-order valence-electron chi connectivity index (χ2n) is 10.0. The van der Waals surface area contributed by atoms with Crippen LogP contribution in [0, 0.1) is 5.82 Å². The Morgan fingerprint density at radius 1 is 1.06 bits per heavy atom. The highest BCUT2D eigenvalue weighted by molar-refractivity contribution is 5.91. The third kappa shape index (κ3) is 3.72. The summed E-state index contributed by atoms with van der Waals surface area (Å²) in [6, 6.07) is 19.0. The summed E-state index contributed by atoms with van der Waals surface area (Å²) in [5.41, 5.74) is 5.14. The summed E-state index contributed by atoms with van der Waals surface area (Å²) in [6.07, 6.45) is 4.94. The van der Waals surface area contributed by atoms with Crippen molar-refractivity contribution in [3.8, 4) is 0 Å². The van der Waals surface area contributed by atoms with Crippen molar-refractivity contribution in [3.63, 3.8) is 0 Å². The summed E-state index contributed by atoms with van der Waals surface area (Å²) in [6.45, 7) is 3.11. The van der Waals surface area contributed by atoms with Gasteiger partial charge in [0.05, 0.1) is 11.6 Å². The van der Waals surface area contributed by atoms with Gasteiger partial charge in [0, 0.05) is 30.7 Å². The van der Waals surface area contributed by atoms with E-state index in [1.807, 2.05) is 17.7 Å². The van der Waals surface area contributed by atoms with Crippen molar-refractivity contribution in [1.29, 1.82) is 0 Å². The molecule has 2 aliphatic rings. The SMILES string of the molecule is CNCC(O)Cn1cc(C2CCN([C@@H]3Cc4cccc5cccc3c45)CC2)c2ccc(F)cc21. The minimum Gasteiger partial charge on any atom is -0.390 e. The van der Waals surface area contributed by atoms with Gasteiger partial charge in [0.2, 0.25) is 0 Å². The van der Waals surface area contributed by atoms with Gasteiger partial charge in [0.1, 0.15) is 5.82 Å². The molecule has 5 heteroatoms. The van der Waals surface area contributed by atoms with Crippen LogP contribution in [0.1, 0.15) is 41.5 Å². The van der Waals surface area contributed by atoms with E-state index >= 15 is 0 Å². The molecular formula is C29H32FN3O. The van der Waals surface area contributed by atoms with Gasteiger partial charge in [0.25, 0.3) is 0 Å². The van der Waals surface area contributed by atoms with E-state index in [1.165, 1.54) is 27.5 Å². The second kappa shape index (κ2) is 8.81. The third-order valence-corrected chi connectivity index (χ3v) is 7.93. The molecule has 1 fully saturated rings. The van der Waals surface area contributed by atoms with Gasteiger partial charge in [-0.2, -0.15) is 0 Å². The number of rotatable bonds is 6. The predicted octanol–water partition coefficient (Wildman–Crippen LogP) is 4.99. The first kappa shape index (κ1) is 21.8. The maximum atomic E-state index is 14.1. The fourth-order valence-corrected chi connectivity index (χ4v) is 6.36. The van der Waals surface area contributed by atoms with Crippen LogP contribution < -0.4 is 5.32 Å². The lowest BCUT2D eigenvalue weighted by molar-refractivity contribution is 0.153. The van der Waals surface area contributed by atoms with Gasteiger partial charge in [-0.1, -0.05) is 36.4 Å². The molecule has 0 amide bonds. The van der Waals surface area contributed by atoms with Crippen LogP contribution in [-0.4, -0.2) is 47.4 Å². The van der Waals surface area contributed by atoms with Crippen LogP contribution in [0.4, 0.5) is 4.39 Å². The molecule has 4 nitrogen and oxygen atoms in total. The molecule has 4 aromatic rings. The van der Waals surface area contributed by atoms with E-state index in [1.54, 1.807) is 12.1 Å². The molecular weight excluding hydrogens is 425 g/mol. The highest BCUT2D eigenvalue weighted by Crippen LogP contribution is 2.43.